The summed E-state index contributed by atoms with van der Waals surface area (Å²) in [7, 11) is 0. The molecule has 1 atom stereocenters. The number of carbonyl (C=O) groups excluding carboxylic acids is 1. The molecule has 0 spiro atoms. The molecule has 1 unspecified atom stereocenters. The van der Waals surface area contributed by atoms with E-state index in [-0.39, 0.29) is 12.5 Å². The Kier molecular flexibility index (Phi) is 3.56. The zero-order valence-electron chi connectivity index (χ0n) is 11.5. The van der Waals surface area contributed by atoms with Crippen molar-refractivity contribution in [2.24, 2.45) is 5.41 Å². The molecular formula is C14H20N4O2. The van der Waals surface area contributed by atoms with Crippen molar-refractivity contribution >= 4 is 11.9 Å². The first kappa shape index (κ1) is 13.3. The van der Waals surface area contributed by atoms with Crippen molar-refractivity contribution in [2.45, 2.75) is 31.7 Å². The molecular weight excluding hydrogens is 256 g/mol. The smallest absolute Gasteiger partial charge is 0.228 e. The zero-order valence-corrected chi connectivity index (χ0v) is 11.5. The van der Waals surface area contributed by atoms with Crippen LogP contribution in [-0.4, -0.2) is 46.7 Å². The average Bonchev–Trinajstić information content (AvgIpc) is 3.17. The van der Waals surface area contributed by atoms with E-state index in [1.54, 1.807) is 18.5 Å². The van der Waals surface area contributed by atoms with Crippen molar-refractivity contribution in [2.75, 3.05) is 24.6 Å². The van der Waals surface area contributed by atoms with Crippen LogP contribution in [-0.2, 0) is 4.79 Å². The van der Waals surface area contributed by atoms with Crippen LogP contribution in [0.4, 0.5) is 5.95 Å². The van der Waals surface area contributed by atoms with E-state index in [1.807, 2.05) is 4.90 Å². The Morgan fingerprint density at radius 1 is 1.45 bits per heavy atom. The summed E-state index contributed by atoms with van der Waals surface area (Å²) in [6.07, 6.45) is 6.80. The fraction of sp³-hybridized carbons (Fsp3) is 0.643. The highest BCUT2D eigenvalue weighted by Gasteiger charge is 2.46. The van der Waals surface area contributed by atoms with Gasteiger partial charge in [0.1, 0.15) is 0 Å². The fourth-order valence-electron chi connectivity index (χ4n) is 2.78. The second-order valence-electron chi connectivity index (χ2n) is 5.72. The number of rotatable bonds is 5. The van der Waals surface area contributed by atoms with Crippen molar-refractivity contribution < 1.29 is 9.90 Å². The van der Waals surface area contributed by atoms with E-state index in [0.29, 0.717) is 25.0 Å². The minimum atomic E-state index is -0.503. The van der Waals surface area contributed by atoms with E-state index in [0.717, 1.165) is 25.8 Å². The third-order valence-electron chi connectivity index (χ3n) is 4.17. The number of carbonyl (C=O) groups is 1. The van der Waals surface area contributed by atoms with Crippen LogP contribution in [0, 0.1) is 5.41 Å². The molecule has 0 bridgehead atoms. The highest BCUT2D eigenvalue weighted by atomic mass is 16.3. The highest BCUT2D eigenvalue weighted by Crippen LogP contribution is 2.36. The van der Waals surface area contributed by atoms with Gasteiger partial charge in [0.15, 0.2) is 0 Å². The Balaban J connectivity index is 1.73. The van der Waals surface area contributed by atoms with Crippen molar-refractivity contribution in [1.82, 2.24) is 15.3 Å². The molecule has 1 aromatic heterocycles. The van der Waals surface area contributed by atoms with E-state index >= 15 is 0 Å². The SMILES string of the molecule is O=C(NC1CC1)C1(CCO)CCN(c2ncccn2)C1. The standard InChI is InChI=1S/C14H20N4O2/c19-9-5-14(12(20)17-11-2-3-11)4-8-18(10-14)13-15-6-1-7-16-13/h1,6-7,11,19H,2-5,8-10H2,(H,17,20). The largest absolute Gasteiger partial charge is 0.396 e. The predicted octanol–water partition coefficient (Wildman–Crippen LogP) is 0.334. The van der Waals surface area contributed by atoms with Gasteiger partial charge in [0, 0.05) is 38.1 Å². The number of hydrogen-bond donors (Lipinski definition) is 2. The van der Waals surface area contributed by atoms with Crippen LogP contribution in [0.5, 0.6) is 0 Å². The number of aliphatic hydroxyl groups excluding tert-OH is 1. The molecule has 2 aliphatic rings. The summed E-state index contributed by atoms with van der Waals surface area (Å²) in [6.45, 7) is 1.36. The van der Waals surface area contributed by atoms with Gasteiger partial charge in [-0.2, -0.15) is 0 Å². The van der Waals surface area contributed by atoms with Gasteiger partial charge < -0.3 is 15.3 Å². The molecule has 6 heteroatoms. The number of amides is 1. The Morgan fingerprint density at radius 2 is 2.20 bits per heavy atom. The summed E-state index contributed by atoms with van der Waals surface area (Å²) >= 11 is 0. The first-order valence-corrected chi connectivity index (χ1v) is 7.17. The number of aliphatic hydroxyl groups is 1. The fourth-order valence-corrected chi connectivity index (χ4v) is 2.78. The maximum atomic E-state index is 12.5. The van der Waals surface area contributed by atoms with E-state index in [9.17, 15) is 9.90 Å². The average molecular weight is 276 g/mol. The third kappa shape index (κ3) is 2.60. The number of anilines is 1. The number of aromatic nitrogens is 2. The van der Waals surface area contributed by atoms with Crippen molar-refractivity contribution in [3.05, 3.63) is 18.5 Å². The Morgan fingerprint density at radius 3 is 2.85 bits per heavy atom. The summed E-state index contributed by atoms with van der Waals surface area (Å²) in [5.41, 5.74) is -0.503. The van der Waals surface area contributed by atoms with Gasteiger partial charge in [-0.15, -0.1) is 0 Å². The van der Waals surface area contributed by atoms with E-state index < -0.39 is 5.41 Å². The summed E-state index contributed by atoms with van der Waals surface area (Å²) < 4.78 is 0. The molecule has 108 valence electrons. The van der Waals surface area contributed by atoms with Gasteiger partial charge in [-0.1, -0.05) is 0 Å². The minimum absolute atomic E-state index is 0.0293. The van der Waals surface area contributed by atoms with Crippen LogP contribution in [0.3, 0.4) is 0 Å². The van der Waals surface area contributed by atoms with Crippen LogP contribution in [0.2, 0.25) is 0 Å². The van der Waals surface area contributed by atoms with Crippen LogP contribution in [0.15, 0.2) is 18.5 Å². The van der Waals surface area contributed by atoms with Gasteiger partial charge in [0.25, 0.3) is 0 Å². The molecule has 1 amide bonds. The maximum Gasteiger partial charge on any atom is 0.228 e. The zero-order chi connectivity index (χ0) is 14.0. The second kappa shape index (κ2) is 5.36. The summed E-state index contributed by atoms with van der Waals surface area (Å²) in [4.78, 5) is 23.0. The van der Waals surface area contributed by atoms with Crippen LogP contribution in [0.1, 0.15) is 25.7 Å². The molecule has 20 heavy (non-hydrogen) atoms. The first-order valence-electron chi connectivity index (χ1n) is 7.17. The summed E-state index contributed by atoms with van der Waals surface area (Å²) in [5.74, 6) is 0.735. The van der Waals surface area contributed by atoms with E-state index in [2.05, 4.69) is 15.3 Å². The lowest BCUT2D eigenvalue weighted by molar-refractivity contribution is -0.131. The van der Waals surface area contributed by atoms with Crippen molar-refractivity contribution in [1.29, 1.82) is 0 Å². The molecule has 2 heterocycles. The van der Waals surface area contributed by atoms with Gasteiger partial charge in [-0.05, 0) is 31.7 Å². The van der Waals surface area contributed by atoms with Crippen LogP contribution < -0.4 is 10.2 Å². The van der Waals surface area contributed by atoms with Gasteiger partial charge in [-0.25, -0.2) is 9.97 Å². The van der Waals surface area contributed by atoms with Crippen molar-refractivity contribution in [3.8, 4) is 0 Å². The highest BCUT2D eigenvalue weighted by molar-refractivity contribution is 5.84. The lowest BCUT2D eigenvalue weighted by Gasteiger charge is -2.27. The van der Waals surface area contributed by atoms with Crippen LogP contribution >= 0.6 is 0 Å². The first-order chi connectivity index (χ1) is 9.73. The number of nitrogens with zero attached hydrogens (tertiary/aromatic N) is 3. The molecule has 1 saturated heterocycles. The number of nitrogens with one attached hydrogen (secondary N) is 1. The predicted molar refractivity (Wildman–Crippen MR) is 74.2 cm³/mol. The molecule has 3 rings (SSSR count). The lowest BCUT2D eigenvalue weighted by atomic mass is 9.82. The Hall–Kier alpha value is -1.69. The quantitative estimate of drug-likeness (QED) is 0.810. The third-order valence-corrected chi connectivity index (χ3v) is 4.17. The second-order valence-corrected chi connectivity index (χ2v) is 5.72. The van der Waals surface area contributed by atoms with Gasteiger partial charge in [0.05, 0.1) is 5.41 Å². The molecule has 0 aromatic carbocycles. The maximum absolute atomic E-state index is 12.5. The van der Waals surface area contributed by atoms with E-state index in [4.69, 9.17) is 0 Å². The topological polar surface area (TPSA) is 78.4 Å². The van der Waals surface area contributed by atoms with Gasteiger partial charge in [-0.3, -0.25) is 4.79 Å². The molecule has 1 aliphatic heterocycles. The van der Waals surface area contributed by atoms with Gasteiger partial charge >= 0.3 is 0 Å². The van der Waals surface area contributed by atoms with Gasteiger partial charge in [0.2, 0.25) is 11.9 Å². The molecule has 6 nitrogen and oxygen atoms in total. The van der Waals surface area contributed by atoms with Crippen molar-refractivity contribution in [3.63, 3.8) is 0 Å². The number of hydrogen-bond acceptors (Lipinski definition) is 5. The summed E-state index contributed by atoms with van der Waals surface area (Å²) in [5, 5.41) is 12.4. The molecule has 0 radical (unpaired) electrons. The minimum Gasteiger partial charge on any atom is -0.396 e. The summed E-state index contributed by atoms with van der Waals surface area (Å²) in [6, 6.07) is 2.13. The lowest BCUT2D eigenvalue weighted by Crippen LogP contribution is -2.44. The molecule has 1 saturated carbocycles. The molecule has 1 aromatic rings. The monoisotopic (exact) mass is 276 g/mol. The normalized spacial score (nSPS) is 25.8. The molecule has 1 aliphatic carbocycles. The Bertz CT molecular complexity index is 477. The molecule has 2 fully saturated rings. The van der Waals surface area contributed by atoms with Crippen LogP contribution in [0.25, 0.3) is 0 Å². The Labute approximate surface area is 118 Å². The molecule has 2 N–H and O–H groups in total. The van der Waals surface area contributed by atoms with E-state index in [1.165, 1.54) is 0 Å².